The molecule has 1 aliphatic carbocycles. The molecule has 1 aromatic carbocycles. The number of alkyl halides is 3. The minimum absolute atomic E-state index is 0.0183. The number of hydrogen-bond acceptors (Lipinski definition) is 7. The number of benzene rings is 1. The van der Waals surface area contributed by atoms with Crippen LogP contribution in [0.25, 0.3) is 21.3 Å². The molecule has 0 saturated carbocycles. The number of thiophene rings is 1. The molecule has 2 aliphatic rings. The van der Waals surface area contributed by atoms with Crippen LogP contribution in [-0.4, -0.2) is 62.4 Å². The van der Waals surface area contributed by atoms with Gasteiger partial charge in [0, 0.05) is 38.8 Å². The Labute approximate surface area is 266 Å². The Balaban J connectivity index is 1.21. The van der Waals surface area contributed by atoms with Crippen molar-refractivity contribution in [2.45, 2.75) is 64.7 Å². The van der Waals surface area contributed by atoms with Crippen LogP contribution >= 0.6 is 22.9 Å². The number of nitrogens with zero attached hydrogens (tertiary/aromatic N) is 4. The van der Waals surface area contributed by atoms with Gasteiger partial charge in [-0.3, -0.25) is 14.3 Å². The Kier molecular flexibility index (Phi) is 8.66. The number of carbonyl (C=O) groups is 1. The summed E-state index contributed by atoms with van der Waals surface area (Å²) >= 11 is 7.67. The van der Waals surface area contributed by atoms with E-state index in [1.807, 2.05) is 6.07 Å². The van der Waals surface area contributed by atoms with Crippen LogP contribution in [0.3, 0.4) is 0 Å². The molecule has 6 rings (SSSR count). The summed E-state index contributed by atoms with van der Waals surface area (Å²) in [6, 6.07) is 7.11. The lowest BCUT2D eigenvalue weighted by Gasteiger charge is -2.39. The van der Waals surface area contributed by atoms with Gasteiger partial charge in [0.15, 0.2) is 0 Å². The first-order valence-corrected chi connectivity index (χ1v) is 16.1. The van der Waals surface area contributed by atoms with Crippen LogP contribution in [0.2, 0.25) is 5.02 Å². The molecule has 1 fully saturated rings. The number of halogens is 4. The monoisotopic (exact) mass is 660 g/mol. The van der Waals surface area contributed by atoms with Crippen LogP contribution in [0.1, 0.15) is 52.4 Å². The van der Waals surface area contributed by atoms with Gasteiger partial charge in [0.1, 0.15) is 18.2 Å². The van der Waals surface area contributed by atoms with E-state index in [1.165, 1.54) is 11.3 Å². The predicted molar refractivity (Wildman–Crippen MR) is 167 cm³/mol. The first-order chi connectivity index (χ1) is 21.4. The Morgan fingerprint density at radius 3 is 2.60 bits per heavy atom. The van der Waals surface area contributed by atoms with Crippen LogP contribution in [0.5, 0.6) is 5.75 Å². The second kappa shape index (κ2) is 12.4. The van der Waals surface area contributed by atoms with Crippen molar-refractivity contribution in [2.24, 2.45) is 5.92 Å². The summed E-state index contributed by atoms with van der Waals surface area (Å²) in [5.41, 5.74) is 3.87. The van der Waals surface area contributed by atoms with E-state index in [9.17, 15) is 27.9 Å². The average molecular weight is 661 g/mol. The maximum Gasteiger partial charge on any atom is 0.391 e. The normalized spacial score (nSPS) is 17.9. The van der Waals surface area contributed by atoms with Crippen molar-refractivity contribution in [3.8, 4) is 16.9 Å². The van der Waals surface area contributed by atoms with E-state index in [0.29, 0.717) is 69.6 Å². The maximum absolute atomic E-state index is 13.7. The summed E-state index contributed by atoms with van der Waals surface area (Å²) in [5.74, 6) is -1.21. The first kappa shape index (κ1) is 31.5. The fourth-order valence-corrected chi connectivity index (χ4v) is 7.73. The fourth-order valence-electron chi connectivity index (χ4n) is 6.55. The van der Waals surface area contributed by atoms with Gasteiger partial charge in [-0.05, 0) is 83.3 Å². The molecule has 0 unspecified atom stereocenters. The zero-order valence-corrected chi connectivity index (χ0v) is 26.4. The fraction of sp³-hybridized carbons (Fsp3) is 0.438. The third-order valence-corrected chi connectivity index (χ3v) is 10.1. The van der Waals surface area contributed by atoms with E-state index >= 15 is 0 Å². The van der Waals surface area contributed by atoms with Crippen LogP contribution in [0.15, 0.2) is 34.4 Å². The van der Waals surface area contributed by atoms with Gasteiger partial charge in [-0.1, -0.05) is 11.6 Å². The van der Waals surface area contributed by atoms with Gasteiger partial charge in [0.05, 0.1) is 33.9 Å². The number of aromatic carboxylic acids is 1. The van der Waals surface area contributed by atoms with Crippen molar-refractivity contribution in [1.82, 2.24) is 19.4 Å². The Hall–Kier alpha value is -3.48. The van der Waals surface area contributed by atoms with Crippen molar-refractivity contribution in [3.05, 3.63) is 73.4 Å². The number of rotatable bonds is 7. The lowest BCUT2D eigenvalue weighted by atomic mass is 9.88. The van der Waals surface area contributed by atoms with Crippen LogP contribution < -0.4 is 10.3 Å². The van der Waals surface area contributed by atoms with Gasteiger partial charge >= 0.3 is 12.1 Å². The van der Waals surface area contributed by atoms with Gasteiger partial charge < -0.3 is 14.7 Å². The molecule has 0 amide bonds. The largest absolute Gasteiger partial charge is 0.491 e. The van der Waals surface area contributed by atoms with E-state index in [2.05, 4.69) is 9.88 Å². The number of carboxylic acids is 1. The molecular formula is C32H32ClF3N4O4S. The summed E-state index contributed by atoms with van der Waals surface area (Å²) in [6.07, 6.45) is -2.13. The van der Waals surface area contributed by atoms with Crippen LogP contribution in [0.4, 0.5) is 13.2 Å². The molecule has 1 N–H and O–H groups in total. The van der Waals surface area contributed by atoms with E-state index in [0.717, 1.165) is 17.7 Å². The number of ether oxygens (including phenoxy) is 1. The topological polar surface area (TPSA) is 97.6 Å². The quantitative estimate of drug-likeness (QED) is 0.236. The summed E-state index contributed by atoms with van der Waals surface area (Å²) < 4.78 is 48.1. The zero-order chi connectivity index (χ0) is 32.0. The number of carboxylic acid groups (broad SMARTS) is 1. The molecule has 8 nitrogen and oxygen atoms in total. The van der Waals surface area contributed by atoms with Crippen LogP contribution in [0, 0.1) is 19.8 Å². The van der Waals surface area contributed by atoms with E-state index in [1.54, 1.807) is 42.0 Å². The molecule has 0 spiro atoms. The predicted octanol–water partition coefficient (Wildman–Crippen LogP) is 6.70. The summed E-state index contributed by atoms with van der Waals surface area (Å²) in [6.45, 7) is 4.73. The molecule has 1 atom stereocenters. The van der Waals surface area contributed by atoms with Crippen molar-refractivity contribution in [1.29, 1.82) is 0 Å². The number of hydrogen-bond donors (Lipinski definition) is 1. The molecule has 1 aliphatic heterocycles. The molecule has 1 saturated heterocycles. The van der Waals surface area contributed by atoms with Crippen molar-refractivity contribution in [2.75, 3.05) is 19.7 Å². The second-order valence-electron chi connectivity index (χ2n) is 11.7. The molecule has 45 heavy (non-hydrogen) atoms. The van der Waals surface area contributed by atoms with E-state index < -0.39 is 18.1 Å². The number of fused-ring (bicyclic) bond motifs is 2. The first-order valence-electron chi connectivity index (χ1n) is 14.9. The third kappa shape index (κ3) is 6.32. The molecule has 238 valence electrons. The minimum atomic E-state index is -4.16. The number of pyridine rings is 1. The number of likely N-dealkylation sites (tertiary alicyclic amines) is 1. The molecule has 4 aromatic rings. The second-order valence-corrected chi connectivity index (χ2v) is 13.0. The molecule has 13 heteroatoms. The highest BCUT2D eigenvalue weighted by Gasteiger charge is 2.42. The maximum atomic E-state index is 13.7. The highest BCUT2D eigenvalue weighted by molar-refractivity contribution is 7.18. The van der Waals surface area contributed by atoms with Gasteiger partial charge in [0.25, 0.3) is 5.56 Å². The average Bonchev–Trinajstić information content (AvgIpc) is 3.43. The SMILES string of the molecule is Cc1cc(-c2cc(Cl)ccc2OCCn2c(C)nc3c(c2=O)C[C@H](N2CCC(C(F)(F)F)CC2)CC3)c2scc(C(=O)O)c2n1. The summed E-state index contributed by atoms with van der Waals surface area (Å²) in [4.78, 5) is 36.8. The zero-order valence-electron chi connectivity index (χ0n) is 24.8. The molecule has 4 heterocycles. The summed E-state index contributed by atoms with van der Waals surface area (Å²) in [7, 11) is 0. The molecule has 0 bridgehead atoms. The molecule has 3 aromatic heterocycles. The smallest absolute Gasteiger partial charge is 0.391 e. The molecule has 0 radical (unpaired) electrons. The van der Waals surface area contributed by atoms with Crippen molar-refractivity contribution < 1.29 is 27.8 Å². The highest BCUT2D eigenvalue weighted by Crippen LogP contribution is 2.40. The Morgan fingerprint density at radius 1 is 1.13 bits per heavy atom. The molecular weight excluding hydrogens is 629 g/mol. The standard InChI is InChI=1S/C32H32ClF3N4O4S/c1-17-13-23(29-28(37-17)25(16-45-29)31(42)43)22-14-20(33)3-6-27(22)44-12-11-40-18(2)38-26-5-4-21(15-24(26)30(40)41)39-9-7-19(8-10-39)32(34,35)36/h3,6,13-14,16,19,21H,4-5,7-12,15H2,1-2H3,(H,42,43)/t21-/m1/s1. The summed E-state index contributed by atoms with van der Waals surface area (Å²) in [5, 5.41) is 11.7. The van der Waals surface area contributed by atoms with Gasteiger partial charge in [-0.15, -0.1) is 11.3 Å². The van der Waals surface area contributed by atoms with Gasteiger partial charge in [-0.2, -0.15) is 13.2 Å². The number of piperidine rings is 1. The lowest BCUT2D eigenvalue weighted by Crippen LogP contribution is -2.47. The highest BCUT2D eigenvalue weighted by atomic mass is 35.5. The van der Waals surface area contributed by atoms with E-state index in [4.69, 9.17) is 21.3 Å². The Bertz CT molecular complexity index is 1830. The van der Waals surface area contributed by atoms with E-state index in [-0.39, 0.29) is 43.2 Å². The minimum Gasteiger partial charge on any atom is -0.491 e. The lowest BCUT2D eigenvalue weighted by molar-refractivity contribution is -0.186. The van der Waals surface area contributed by atoms with Gasteiger partial charge in [0.2, 0.25) is 0 Å². The number of aryl methyl sites for hydroxylation is 3. The van der Waals surface area contributed by atoms with Crippen molar-refractivity contribution >= 4 is 39.1 Å². The van der Waals surface area contributed by atoms with Crippen LogP contribution in [-0.2, 0) is 19.4 Å². The number of aromatic nitrogens is 3. The third-order valence-electron chi connectivity index (χ3n) is 8.89. The van der Waals surface area contributed by atoms with Gasteiger partial charge in [-0.25, -0.2) is 9.78 Å². The Morgan fingerprint density at radius 2 is 1.89 bits per heavy atom. The van der Waals surface area contributed by atoms with Crippen molar-refractivity contribution in [3.63, 3.8) is 0 Å².